The number of halogens is 1. The van der Waals surface area contributed by atoms with Crippen molar-refractivity contribution in [2.24, 2.45) is 16.9 Å². The summed E-state index contributed by atoms with van der Waals surface area (Å²) in [5.74, 6) is -0.867. The molecule has 0 saturated heterocycles. The lowest BCUT2D eigenvalue weighted by atomic mass is 9.69. The van der Waals surface area contributed by atoms with E-state index < -0.39 is 11.9 Å². The largest absolute Gasteiger partial charge is 0.461 e. The third-order valence-corrected chi connectivity index (χ3v) is 5.32. The quantitative estimate of drug-likeness (QED) is 0.629. The Bertz CT molecular complexity index is 858. The maximum absolute atomic E-state index is 13.1. The highest BCUT2D eigenvalue weighted by atomic mass is 79.9. The van der Waals surface area contributed by atoms with Crippen LogP contribution in [-0.4, -0.2) is 24.9 Å². The standard InChI is InChI=1S/C20H24BrN3O3/c1-20(2)9-13-16(14(25)10-20)15(11-4-3-5-12(21)8-11)17(18(23)24-13)19(26)27-7-6-22/h3-5,8,15,24H,6-7,9-10,22-23H2,1-2H3. The maximum Gasteiger partial charge on any atom is 0.338 e. The van der Waals surface area contributed by atoms with Crippen molar-refractivity contribution in [3.8, 4) is 0 Å². The number of nitrogens with one attached hydrogen (secondary N) is 1. The molecule has 1 aromatic carbocycles. The number of rotatable bonds is 4. The van der Waals surface area contributed by atoms with Crippen molar-refractivity contribution < 1.29 is 14.3 Å². The molecule has 0 fully saturated rings. The summed E-state index contributed by atoms with van der Waals surface area (Å²) in [5, 5.41) is 3.10. The highest BCUT2D eigenvalue weighted by Crippen LogP contribution is 2.46. The van der Waals surface area contributed by atoms with Crippen LogP contribution in [0.2, 0.25) is 0 Å². The topological polar surface area (TPSA) is 107 Å². The predicted molar refractivity (Wildman–Crippen MR) is 106 cm³/mol. The molecule has 1 aromatic rings. The van der Waals surface area contributed by atoms with Crippen LogP contribution in [0, 0.1) is 5.41 Å². The zero-order valence-electron chi connectivity index (χ0n) is 15.5. The summed E-state index contributed by atoms with van der Waals surface area (Å²) in [6.45, 7) is 4.41. The summed E-state index contributed by atoms with van der Waals surface area (Å²) >= 11 is 3.47. The Hall–Kier alpha value is -2.12. The molecule has 6 nitrogen and oxygen atoms in total. The first-order chi connectivity index (χ1) is 12.7. The number of benzene rings is 1. The van der Waals surface area contributed by atoms with Crippen LogP contribution in [0.3, 0.4) is 0 Å². The highest BCUT2D eigenvalue weighted by molar-refractivity contribution is 9.10. The fraction of sp³-hybridized carbons (Fsp3) is 0.400. The number of esters is 1. The first kappa shape index (κ1) is 19.6. The summed E-state index contributed by atoms with van der Waals surface area (Å²) in [7, 11) is 0. The molecule has 27 heavy (non-hydrogen) atoms. The van der Waals surface area contributed by atoms with E-state index in [2.05, 4.69) is 35.1 Å². The van der Waals surface area contributed by atoms with Gasteiger partial charge in [0, 0.05) is 28.7 Å². The van der Waals surface area contributed by atoms with Crippen molar-refractivity contribution in [2.75, 3.05) is 13.2 Å². The number of ether oxygens (including phenoxy) is 1. The number of nitrogens with two attached hydrogens (primary N) is 2. The van der Waals surface area contributed by atoms with Crippen LogP contribution in [0.4, 0.5) is 0 Å². The lowest BCUT2D eigenvalue weighted by molar-refractivity contribution is -0.139. The summed E-state index contributed by atoms with van der Waals surface area (Å²) in [6, 6.07) is 7.56. The van der Waals surface area contributed by atoms with Crippen LogP contribution in [0.5, 0.6) is 0 Å². The molecule has 7 heteroatoms. The van der Waals surface area contributed by atoms with Crippen molar-refractivity contribution in [2.45, 2.75) is 32.6 Å². The summed E-state index contributed by atoms with van der Waals surface area (Å²) in [5.41, 5.74) is 14.0. The molecular formula is C20H24BrN3O3. The number of dihydropyridines is 1. The van der Waals surface area contributed by atoms with Gasteiger partial charge in [-0.3, -0.25) is 4.79 Å². The number of carbonyl (C=O) groups is 2. The molecule has 5 N–H and O–H groups in total. The van der Waals surface area contributed by atoms with Crippen molar-refractivity contribution in [1.29, 1.82) is 0 Å². The van der Waals surface area contributed by atoms with Crippen molar-refractivity contribution in [3.63, 3.8) is 0 Å². The zero-order valence-corrected chi connectivity index (χ0v) is 17.1. The average Bonchev–Trinajstić information content (AvgIpc) is 2.57. The van der Waals surface area contributed by atoms with Gasteiger partial charge < -0.3 is 21.5 Å². The second-order valence-corrected chi connectivity index (χ2v) is 8.61. The highest BCUT2D eigenvalue weighted by Gasteiger charge is 2.43. The van der Waals surface area contributed by atoms with Gasteiger partial charge >= 0.3 is 5.97 Å². The molecule has 0 bridgehead atoms. The van der Waals surface area contributed by atoms with E-state index in [0.29, 0.717) is 18.4 Å². The van der Waals surface area contributed by atoms with Crippen molar-refractivity contribution in [1.82, 2.24) is 5.32 Å². The van der Waals surface area contributed by atoms with Gasteiger partial charge in [-0.15, -0.1) is 0 Å². The van der Waals surface area contributed by atoms with E-state index in [0.717, 1.165) is 15.7 Å². The zero-order chi connectivity index (χ0) is 19.8. The Balaban J connectivity index is 2.14. The molecule has 1 aliphatic carbocycles. The normalized spacial score (nSPS) is 21.6. The molecule has 1 atom stereocenters. The molecule has 0 radical (unpaired) electrons. The average molecular weight is 434 g/mol. The van der Waals surface area contributed by atoms with E-state index in [1.54, 1.807) is 0 Å². The number of hydrogen-bond acceptors (Lipinski definition) is 6. The maximum atomic E-state index is 13.1. The monoisotopic (exact) mass is 433 g/mol. The summed E-state index contributed by atoms with van der Waals surface area (Å²) < 4.78 is 6.11. The van der Waals surface area contributed by atoms with E-state index in [1.807, 2.05) is 24.3 Å². The van der Waals surface area contributed by atoms with Crippen molar-refractivity contribution in [3.05, 3.63) is 57.0 Å². The molecule has 0 aromatic heterocycles. The van der Waals surface area contributed by atoms with Crippen LogP contribution >= 0.6 is 15.9 Å². The number of ketones is 1. The van der Waals surface area contributed by atoms with Crippen molar-refractivity contribution >= 4 is 27.7 Å². The first-order valence-electron chi connectivity index (χ1n) is 8.89. The molecule has 0 amide bonds. The Morgan fingerprint density at radius 1 is 1.37 bits per heavy atom. The van der Waals surface area contributed by atoms with Gasteiger partial charge in [0.15, 0.2) is 5.78 Å². The molecule has 1 unspecified atom stereocenters. The Labute approximate surface area is 167 Å². The summed E-state index contributed by atoms with van der Waals surface area (Å²) in [6.07, 6.45) is 1.10. The smallest absolute Gasteiger partial charge is 0.338 e. The van der Waals surface area contributed by atoms with Crippen LogP contribution < -0.4 is 16.8 Å². The number of hydrogen-bond donors (Lipinski definition) is 3. The molecule has 3 rings (SSSR count). The number of allylic oxidation sites excluding steroid dienone is 2. The lowest BCUT2D eigenvalue weighted by Gasteiger charge is -2.39. The van der Waals surface area contributed by atoms with E-state index in [1.165, 1.54) is 0 Å². The van der Waals surface area contributed by atoms with Gasteiger partial charge in [-0.2, -0.15) is 0 Å². The van der Waals surface area contributed by atoms with Crippen LogP contribution in [0.25, 0.3) is 0 Å². The third kappa shape index (κ3) is 3.94. The predicted octanol–water partition coefficient (Wildman–Crippen LogP) is 2.45. The van der Waals surface area contributed by atoms with Gasteiger partial charge in [-0.25, -0.2) is 4.79 Å². The Kier molecular flexibility index (Phi) is 5.44. The van der Waals surface area contributed by atoms with Crippen LogP contribution in [-0.2, 0) is 14.3 Å². The fourth-order valence-electron chi connectivity index (χ4n) is 3.79. The van der Waals surface area contributed by atoms with Crippen LogP contribution in [0.1, 0.15) is 38.2 Å². The lowest BCUT2D eigenvalue weighted by Crippen LogP contribution is -2.41. The van der Waals surface area contributed by atoms with E-state index >= 15 is 0 Å². The van der Waals surface area contributed by atoms with E-state index in [-0.39, 0.29) is 35.7 Å². The Morgan fingerprint density at radius 2 is 2.11 bits per heavy atom. The molecule has 1 heterocycles. The van der Waals surface area contributed by atoms with Gasteiger partial charge in [0.1, 0.15) is 12.4 Å². The van der Waals surface area contributed by atoms with Gasteiger partial charge in [0.25, 0.3) is 0 Å². The van der Waals surface area contributed by atoms with Gasteiger partial charge in [-0.05, 0) is 29.5 Å². The second kappa shape index (κ2) is 7.48. The third-order valence-electron chi connectivity index (χ3n) is 4.83. The minimum Gasteiger partial charge on any atom is -0.461 e. The first-order valence-corrected chi connectivity index (χ1v) is 9.68. The number of carbonyl (C=O) groups excluding carboxylic acids is 2. The second-order valence-electron chi connectivity index (χ2n) is 7.70. The SMILES string of the molecule is CC1(C)CC(=O)C2=C(C1)NC(N)=C(C(=O)OCCN)C2c1cccc(Br)c1. The van der Waals surface area contributed by atoms with Gasteiger partial charge in [-0.1, -0.05) is 41.9 Å². The van der Waals surface area contributed by atoms with Gasteiger partial charge in [0.05, 0.1) is 11.5 Å². The van der Waals surface area contributed by atoms with Crippen LogP contribution in [0.15, 0.2) is 51.4 Å². The molecule has 144 valence electrons. The molecule has 2 aliphatic rings. The molecular weight excluding hydrogens is 410 g/mol. The van der Waals surface area contributed by atoms with E-state index in [4.69, 9.17) is 16.2 Å². The number of Topliss-reactive ketones (excluding diaryl/α,β-unsaturated/α-hetero) is 1. The minimum atomic E-state index is -0.562. The Morgan fingerprint density at radius 3 is 2.78 bits per heavy atom. The molecule has 0 saturated carbocycles. The van der Waals surface area contributed by atoms with Gasteiger partial charge in [0.2, 0.25) is 0 Å². The minimum absolute atomic E-state index is 0.0235. The fourth-order valence-corrected chi connectivity index (χ4v) is 4.20. The summed E-state index contributed by atoms with van der Waals surface area (Å²) in [4.78, 5) is 25.8. The van der Waals surface area contributed by atoms with E-state index in [9.17, 15) is 9.59 Å². The molecule has 1 aliphatic heterocycles. The molecule has 0 spiro atoms.